The zero-order valence-corrected chi connectivity index (χ0v) is 12.1. The molecule has 5 nitrogen and oxygen atoms in total. The second-order valence-corrected chi connectivity index (χ2v) is 4.73. The van der Waals surface area contributed by atoms with Crippen molar-refractivity contribution in [1.29, 1.82) is 0 Å². The normalized spacial score (nSPS) is 11.0. The van der Waals surface area contributed by atoms with E-state index in [1.165, 1.54) is 0 Å². The maximum Gasteiger partial charge on any atom is 0.328 e. The topological polar surface area (TPSA) is 64.4 Å². The summed E-state index contributed by atoms with van der Waals surface area (Å²) in [5, 5.41) is 8.73. The van der Waals surface area contributed by atoms with Crippen molar-refractivity contribution in [3.05, 3.63) is 53.6 Å². The first kappa shape index (κ1) is 14.8. The first-order valence-electron chi connectivity index (χ1n) is 6.68. The Bertz CT molecular complexity index is 659. The quantitative estimate of drug-likeness (QED) is 0.829. The summed E-state index contributed by atoms with van der Waals surface area (Å²) in [6.07, 6.45) is 6.32. The minimum Gasteiger partial charge on any atom is -0.491 e. The summed E-state index contributed by atoms with van der Waals surface area (Å²) in [6.45, 7) is 5.08. The third kappa shape index (κ3) is 4.21. The van der Waals surface area contributed by atoms with Crippen LogP contribution in [0.15, 0.2) is 36.7 Å². The van der Waals surface area contributed by atoms with Crippen LogP contribution in [0.2, 0.25) is 0 Å². The number of hydrogen-bond acceptors (Lipinski definition) is 3. The number of ether oxygens (including phenoxy) is 1. The summed E-state index contributed by atoms with van der Waals surface area (Å²) >= 11 is 0. The predicted octanol–water partition coefficient (Wildman–Crippen LogP) is 2.68. The van der Waals surface area contributed by atoms with Crippen LogP contribution in [0.25, 0.3) is 6.08 Å². The summed E-state index contributed by atoms with van der Waals surface area (Å²) in [5.41, 5.74) is 1.82. The third-order valence-electron chi connectivity index (χ3n) is 3.08. The predicted molar refractivity (Wildman–Crippen MR) is 80.3 cm³/mol. The molecule has 2 aromatic rings. The number of carboxylic acid groups (broad SMARTS) is 1. The highest BCUT2D eigenvalue weighted by atomic mass is 16.5. The van der Waals surface area contributed by atoms with Gasteiger partial charge in [0.25, 0.3) is 0 Å². The van der Waals surface area contributed by atoms with Crippen molar-refractivity contribution < 1.29 is 14.6 Å². The lowest BCUT2D eigenvalue weighted by atomic mass is 10.1. The molecule has 0 aliphatic rings. The molecule has 0 unspecified atom stereocenters. The van der Waals surface area contributed by atoms with Crippen LogP contribution in [0.5, 0.6) is 5.75 Å². The van der Waals surface area contributed by atoms with Gasteiger partial charge < -0.3 is 14.4 Å². The van der Waals surface area contributed by atoms with E-state index in [1.54, 1.807) is 12.3 Å². The Labute approximate surface area is 123 Å². The Kier molecular flexibility index (Phi) is 4.77. The summed E-state index contributed by atoms with van der Waals surface area (Å²) in [7, 11) is 0. The Balaban J connectivity index is 2.05. The maximum absolute atomic E-state index is 10.6. The van der Waals surface area contributed by atoms with Gasteiger partial charge in [-0.25, -0.2) is 9.78 Å². The molecule has 1 N–H and O–H groups in total. The molecule has 0 saturated heterocycles. The number of aryl methyl sites for hydroxylation is 2. The van der Waals surface area contributed by atoms with E-state index in [0.717, 1.165) is 23.0 Å². The molecule has 1 heterocycles. The Morgan fingerprint density at radius 3 is 2.90 bits per heavy atom. The van der Waals surface area contributed by atoms with Crippen LogP contribution < -0.4 is 4.74 Å². The number of rotatable bonds is 6. The van der Waals surface area contributed by atoms with Crippen molar-refractivity contribution >= 4 is 12.0 Å². The number of aromatic nitrogens is 2. The third-order valence-corrected chi connectivity index (χ3v) is 3.08. The Hall–Kier alpha value is -2.56. The number of imidazole rings is 1. The minimum absolute atomic E-state index is 0.494. The summed E-state index contributed by atoms with van der Waals surface area (Å²) < 4.78 is 7.76. The Morgan fingerprint density at radius 2 is 2.24 bits per heavy atom. The molecule has 0 aliphatic carbocycles. The van der Waals surface area contributed by atoms with Gasteiger partial charge in [-0.05, 0) is 32.1 Å². The molecule has 2 rings (SSSR count). The molecule has 0 aliphatic heterocycles. The van der Waals surface area contributed by atoms with E-state index < -0.39 is 5.97 Å². The molecule has 0 saturated carbocycles. The van der Waals surface area contributed by atoms with Gasteiger partial charge in [0.15, 0.2) is 0 Å². The van der Waals surface area contributed by atoms with Crippen molar-refractivity contribution in [2.24, 2.45) is 0 Å². The molecule has 5 heteroatoms. The van der Waals surface area contributed by atoms with E-state index in [2.05, 4.69) is 4.98 Å². The van der Waals surface area contributed by atoms with Gasteiger partial charge in [0.1, 0.15) is 18.2 Å². The highest BCUT2D eigenvalue weighted by molar-refractivity contribution is 5.85. The van der Waals surface area contributed by atoms with E-state index in [1.807, 2.05) is 42.8 Å². The zero-order chi connectivity index (χ0) is 15.2. The lowest BCUT2D eigenvalue weighted by Gasteiger charge is -2.11. The standard InChI is InChI=1S/C16H18N2O3/c1-12-3-5-15(14(11-12)4-6-16(19)20)21-10-9-18-8-7-17-13(18)2/h3-8,11H,9-10H2,1-2H3,(H,19,20). The van der Waals surface area contributed by atoms with Crippen molar-refractivity contribution in [2.75, 3.05) is 6.61 Å². The van der Waals surface area contributed by atoms with Gasteiger partial charge in [-0.1, -0.05) is 11.6 Å². The summed E-state index contributed by atoms with van der Waals surface area (Å²) in [4.78, 5) is 14.8. The van der Waals surface area contributed by atoms with E-state index in [-0.39, 0.29) is 0 Å². The van der Waals surface area contributed by atoms with E-state index in [0.29, 0.717) is 18.9 Å². The van der Waals surface area contributed by atoms with Crippen LogP contribution in [0.3, 0.4) is 0 Å². The van der Waals surface area contributed by atoms with Crippen LogP contribution in [-0.2, 0) is 11.3 Å². The maximum atomic E-state index is 10.6. The lowest BCUT2D eigenvalue weighted by Crippen LogP contribution is -2.09. The van der Waals surface area contributed by atoms with Crippen LogP contribution in [0, 0.1) is 13.8 Å². The van der Waals surface area contributed by atoms with Crippen LogP contribution in [-0.4, -0.2) is 27.2 Å². The lowest BCUT2D eigenvalue weighted by molar-refractivity contribution is -0.131. The molecule has 110 valence electrons. The average molecular weight is 286 g/mol. The second-order valence-electron chi connectivity index (χ2n) is 4.73. The highest BCUT2D eigenvalue weighted by Gasteiger charge is 2.03. The monoisotopic (exact) mass is 286 g/mol. The molecule has 0 atom stereocenters. The van der Waals surface area contributed by atoms with Gasteiger partial charge >= 0.3 is 5.97 Å². The summed E-state index contributed by atoms with van der Waals surface area (Å²) in [6, 6.07) is 5.70. The molecule has 0 bridgehead atoms. The summed E-state index contributed by atoms with van der Waals surface area (Å²) in [5.74, 6) is 0.640. The molecule has 1 aromatic carbocycles. The van der Waals surface area contributed by atoms with Crippen LogP contribution in [0.1, 0.15) is 17.0 Å². The fourth-order valence-corrected chi connectivity index (χ4v) is 1.98. The first-order chi connectivity index (χ1) is 10.1. The Morgan fingerprint density at radius 1 is 1.43 bits per heavy atom. The largest absolute Gasteiger partial charge is 0.491 e. The zero-order valence-electron chi connectivity index (χ0n) is 12.1. The van der Waals surface area contributed by atoms with Gasteiger partial charge in [-0.15, -0.1) is 0 Å². The van der Waals surface area contributed by atoms with Crippen molar-refractivity contribution in [1.82, 2.24) is 9.55 Å². The van der Waals surface area contributed by atoms with E-state index >= 15 is 0 Å². The number of carboxylic acids is 1. The second kappa shape index (κ2) is 6.74. The van der Waals surface area contributed by atoms with Gasteiger partial charge in [-0.3, -0.25) is 0 Å². The van der Waals surface area contributed by atoms with Crippen molar-refractivity contribution in [3.63, 3.8) is 0 Å². The number of aliphatic carboxylic acids is 1. The molecule has 0 fully saturated rings. The number of nitrogens with zero attached hydrogens (tertiary/aromatic N) is 2. The fraction of sp³-hybridized carbons (Fsp3) is 0.250. The molecule has 0 amide bonds. The molecule has 1 aromatic heterocycles. The fourth-order valence-electron chi connectivity index (χ4n) is 1.98. The van der Waals surface area contributed by atoms with Crippen LogP contribution in [0.4, 0.5) is 0 Å². The van der Waals surface area contributed by atoms with Gasteiger partial charge in [0, 0.05) is 24.0 Å². The smallest absolute Gasteiger partial charge is 0.328 e. The molecule has 0 radical (unpaired) electrons. The van der Waals surface area contributed by atoms with Gasteiger partial charge in [0.2, 0.25) is 0 Å². The van der Waals surface area contributed by atoms with E-state index in [9.17, 15) is 4.79 Å². The average Bonchev–Trinajstić information content (AvgIpc) is 2.84. The SMILES string of the molecule is Cc1ccc(OCCn2ccnc2C)c(C=CC(=O)O)c1. The minimum atomic E-state index is -0.975. The number of carbonyl (C=O) groups is 1. The van der Waals surface area contributed by atoms with Crippen LogP contribution >= 0.6 is 0 Å². The molecular formula is C16H18N2O3. The van der Waals surface area contributed by atoms with Crippen molar-refractivity contribution in [2.45, 2.75) is 20.4 Å². The van der Waals surface area contributed by atoms with E-state index in [4.69, 9.17) is 9.84 Å². The molecule has 21 heavy (non-hydrogen) atoms. The first-order valence-corrected chi connectivity index (χ1v) is 6.68. The molecule has 0 spiro atoms. The number of benzene rings is 1. The molecular weight excluding hydrogens is 268 g/mol. The van der Waals surface area contributed by atoms with Gasteiger partial charge in [0.05, 0.1) is 6.54 Å². The number of hydrogen-bond donors (Lipinski definition) is 1. The van der Waals surface area contributed by atoms with Gasteiger partial charge in [-0.2, -0.15) is 0 Å². The van der Waals surface area contributed by atoms with Crippen molar-refractivity contribution in [3.8, 4) is 5.75 Å². The highest BCUT2D eigenvalue weighted by Crippen LogP contribution is 2.21.